The Morgan fingerprint density at radius 3 is 1.23 bits per heavy atom. The van der Waals surface area contributed by atoms with Crippen molar-refractivity contribution in [2.24, 2.45) is 0 Å². The first-order chi connectivity index (χ1) is 12.6. The number of alkyl halides is 12. The Balaban J connectivity index is 7.47. The second kappa shape index (κ2) is 7.00. The Bertz CT molecular complexity index is 807. The van der Waals surface area contributed by atoms with Crippen molar-refractivity contribution in [1.82, 2.24) is 0 Å². The smallest absolute Gasteiger partial charge is 0.354 e. The fraction of sp³-hybridized carbons (Fsp3) is 0.778. The highest BCUT2D eigenvalue weighted by molar-refractivity contribution is 7.87. The Morgan fingerprint density at radius 2 is 1.00 bits per heavy atom. The monoisotopic (exact) mass is 510 g/mol. The van der Waals surface area contributed by atoms with E-state index < -0.39 is 62.8 Å². The molecule has 0 bridgehead atoms. The molecule has 30 heavy (non-hydrogen) atoms. The summed E-state index contributed by atoms with van der Waals surface area (Å²) in [5.41, 5.74) is -8.75. The predicted molar refractivity (Wildman–Crippen MR) is 57.2 cm³/mol. The topological polar surface area (TPSA) is 74.6 Å². The van der Waals surface area contributed by atoms with Gasteiger partial charge in [0.15, 0.2) is 0 Å². The van der Waals surface area contributed by atoms with Crippen molar-refractivity contribution in [2.45, 2.75) is 40.7 Å². The summed E-state index contributed by atoms with van der Waals surface area (Å²) in [4.78, 5) is 0. The predicted octanol–water partition coefficient (Wildman–Crippen LogP) is 3.81. The molecule has 0 radical (unpaired) electrons. The molecule has 0 rings (SSSR count). The summed E-state index contributed by atoms with van der Waals surface area (Å²) in [6, 6.07) is 0. The van der Waals surface area contributed by atoms with Crippen LogP contribution < -0.4 is 0 Å². The Morgan fingerprint density at radius 1 is 0.667 bits per heavy atom. The molecule has 0 aliphatic carbocycles. The van der Waals surface area contributed by atoms with Gasteiger partial charge in [-0.2, -0.15) is 65.5 Å². The highest BCUT2D eigenvalue weighted by Crippen LogP contribution is 2.63. The molecule has 0 saturated heterocycles. The van der Waals surface area contributed by atoms with Crippen LogP contribution in [0.15, 0.2) is 11.9 Å². The van der Waals surface area contributed by atoms with Crippen LogP contribution in [0.1, 0.15) is 0 Å². The number of hydrogen-bond acceptors (Lipinski definition) is 4. The Labute approximate surface area is 152 Å². The lowest BCUT2D eigenvalue weighted by molar-refractivity contribution is -0.460. The Kier molecular flexibility index (Phi) is 6.65. The average molecular weight is 510 g/mol. The highest BCUT2D eigenvalue weighted by atomic mass is 32.3. The molecule has 180 valence electrons. The van der Waals surface area contributed by atoms with Crippen molar-refractivity contribution in [2.75, 3.05) is 0 Å². The first-order valence-corrected chi connectivity index (χ1v) is 7.36. The molecule has 0 amide bonds. The summed E-state index contributed by atoms with van der Waals surface area (Å²) in [7, 11) is -8.38. The third-order valence-electron chi connectivity index (χ3n) is 3.24. The lowest BCUT2D eigenvalue weighted by Gasteiger charge is -2.46. The zero-order chi connectivity index (χ0) is 25.2. The first-order valence-electron chi connectivity index (χ1n) is 5.97. The quantitative estimate of drug-likeness (QED) is 0.404. The van der Waals surface area contributed by atoms with E-state index in [1.54, 1.807) is 0 Å². The van der Waals surface area contributed by atoms with Gasteiger partial charge < -0.3 is 10.2 Å². The molecule has 3 unspecified atom stereocenters. The van der Waals surface area contributed by atoms with Crippen LogP contribution in [0.3, 0.4) is 0 Å². The van der Waals surface area contributed by atoms with Crippen LogP contribution in [0.4, 0.5) is 69.7 Å². The first kappa shape index (κ1) is 28.5. The van der Waals surface area contributed by atoms with E-state index in [2.05, 4.69) is 0 Å². The van der Waals surface area contributed by atoms with Gasteiger partial charge in [-0.05, 0) is 0 Å². The van der Waals surface area contributed by atoms with Gasteiger partial charge in [-0.1, -0.05) is 3.89 Å². The summed E-state index contributed by atoms with van der Waals surface area (Å²) in [6.07, 6.45) is -12.9. The maximum atomic E-state index is 13.9. The van der Waals surface area contributed by atoms with E-state index in [1.165, 1.54) is 0 Å². The van der Waals surface area contributed by atoms with Crippen molar-refractivity contribution in [3.05, 3.63) is 11.9 Å². The van der Waals surface area contributed by atoms with E-state index in [1.807, 2.05) is 0 Å². The van der Waals surface area contributed by atoms with Crippen molar-refractivity contribution in [3.63, 3.8) is 0 Å². The van der Waals surface area contributed by atoms with Crippen LogP contribution in [-0.2, 0) is 10.2 Å². The molecule has 2 N–H and O–H groups in total. The van der Waals surface area contributed by atoms with E-state index in [0.717, 1.165) is 0 Å². The fourth-order valence-corrected chi connectivity index (χ4v) is 2.07. The van der Waals surface area contributed by atoms with E-state index in [9.17, 15) is 78.2 Å². The lowest BCUT2D eigenvalue weighted by atomic mass is 9.80. The summed E-state index contributed by atoms with van der Waals surface area (Å²) < 4.78 is 226. The minimum atomic E-state index is -8.75. The molecule has 0 aromatic rings. The van der Waals surface area contributed by atoms with E-state index in [4.69, 9.17) is 10.2 Å². The van der Waals surface area contributed by atoms with Crippen LogP contribution in [0.25, 0.3) is 0 Å². The number of hydrogen-bond donors (Lipinski definition) is 2. The van der Waals surface area contributed by atoms with Gasteiger partial charge in [0.1, 0.15) is 0 Å². The zero-order valence-electron chi connectivity index (χ0n) is 12.7. The van der Waals surface area contributed by atoms with Gasteiger partial charge >= 0.3 is 57.0 Å². The minimum absolute atomic E-state index is 4.55. The minimum Gasteiger partial charge on any atom is -0.354 e. The number of aliphatic hydroxyl groups is 2. The molecule has 0 aliphatic rings. The van der Waals surface area contributed by atoms with Gasteiger partial charge in [-0.15, -0.1) is 0 Å². The Hall–Kier alpha value is -1.51. The molecule has 0 aromatic heterocycles. The lowest BCUT2D eigenvalue weighted by Crippen LogP contribution is -2.79. The maximum absolute atomic E-state index is 13.9. The van der Waals surface area contributed by atoms with Crippen molar-refractivity contribution in [1.29, 1.82) is 0 Å². The van der Waals surface area contributed by atoms with E-state index in [-0.39, 0.29) is 0 Å². The van der Waals surface area contributed by atoms with Crippen molar-refractivity contribution >= 4 is 10.2 Å². The van der Waals surface area contributed by atoms with Crippen LogP contribution >= 0.6 is 0 Å². The molecule has 21 heteroatoms. The van der Waals surface area contributed by atoms with Gasteiger partial charge in [-0.25, -0.2) is 8.78 Å². The summed E-state index contributed by atoms with van der Waals surface area (Å²) in [5.74, 6) is -37.7. The summed E-state index contributed by atoms with van der Waals surface area (Å²) >= 11 is 0. The van der Waals surface area contributed by atoms with Crippen LogP contribution in [0, 0.1) is 0 Å². The van der Waals surface area contributed by atoms with Crippen LogP contribution in [0.5, 0.6) is 0 Å². The molecule has 3 atom stereocenters. The third-order valence-corrected chi connectivity index (χ3v) is 4.11. The standard InChI is InChI=1S/C9H2F16O4S/c10-1(2(11)12)3(13,26)5(15,16)4(14,8(20,21)22)7(19,27)6(17,18)9(23,24)30(25,28)29/h26-27H. The van der Waals surface area contributed by atoms with Gasteiger partial charge in [0.2, 0.25) is 5.83 Å². The van der Waals surface area contributed by atoms with Gasteiger partial charge in [0.05, 0.1) is 0 Å². The second-order valence-corrected chi connectivity index (χ2v) is 6.47. The normalized spacial score (nSPS) is 20.7. The molecule has 0 heterocycles. The molecular weight excluding hydrogens is 508 g/mol. The van der Waals surface area contributed by atoms with Crippen LogP contribution in [0.2, 0.25) is 0 Å². The van der Waals surface area contributed by atoms with Crippen molar-refractivity contribution in [3.8, 4) is 0 Å². The third kappa shape index (κ3) is 3.37. The highest BCUT2D eigenvalue weighted by Gasteiger charge is 2.96. The van der Waals surface area contributed by atoms with Gasteiger partial charge in [-0.3, -0.25) is 0 Å². The van der Waals surface area contributed by atoms with E-state index >= 15 is 0 Å². The molecule has 0 fully saturated rings. The largest absolute Gasteiger partial charge is 0.442 e. The SMILES string of the molecule is O=S(=O)(F)C(F)(F)C(F)(F)C(O)(F)C(F)(C(F)(F)F)C(F)(F)C(O)(F)C(F)=C(F)F. The molecule has 0 spiro atoms. The summed E-state index contributed by atoms with van der Waals surface area (Å²) in [6.45, 7) is 0. The van der Waals surface area contributed by atoms with Gasteiger partial charge in [0, 0.05) is 0 Å². The molecule has 4 nitrogen and oxygen atoms in total. The summed E-state index contributed by atoms with van der Waals surface area (Å²) in [5, 5.41) is 8.49. The molecule has 0 aromatic carbocycles. The number of halogens is 16. The average Bonchev–Trinajstić information content (AvgIpc) is 2.49. The van der Waals surface area contributed by atoms with Crippen molar-refractivity contribution < 1.29 is 88.4 Å². The fourth-order valence-electron chi connectivity index (χ4n) is 1.63. The van der Waals surface area contributed by atoms with Crippen LogP contribution in [-0.4, -0.2) is 59.3 Å². The zero-order valence-corrected chi connectivity index (χ0v) is 13.5. The molecular formula is C9H2F16O4S. The maximum Gasteiger partial charge on any atom is 0.442 e. The van der Waals surface area contributed by atoms with Gasteiger partial charge in [0.25, 0.3) is 0 Å². The second-order valence-electron chi connectivity index (χ2n) is 5.08. The number of rotatable bonds is 7. The molecule has 0 aliphatic heterocycles. The van der Waals surface area contributed by atoms with E-state index in [0.29, 0.717) is 0 Å². The molecule has 0 saturated carbocycles.